The van der Waals surface area contributed by atoms with Crippen LogP contribution in [0.15, 0.2) is 71.6 Å². The second kappa shape index (κ2) is 14.8. The molecule has 11 nitrogen and oxygen atoms in total. The molecule has 0 aliphatic carbocycles. The molecule has 0 spiro atoms. The fourth-order valence-corrected chi connectivity index (χ4v) is 5.93. The lowest BCUT2D eigenvalue weighted by Gasteiger charge is -2.33. The van der Waals surface area contributed by atoms with Gasteiger partial charge in [-0.15, -0.1) is 0 Å². The summed E-state index contributed by atoms with van der Waals surface area (Å²) in [5.41, 5.74) is 0.506. The molecule has 13 heteroatoms. The van der Waals surface area contributed by atoms with Crippen molar-refractivity contribution >= 4 is 33.2 Å². The van der Waals surface area contributed by atoms with E-state index in [-0.39, 0.29) is 35.2 Å². The number of aryl methyl sites for hydroxylation is 1. The van der Waals surface area contributed by atoms with E-state index in [9.17, 15) is 32.5 Å². The number of carbonyl (C=O) groups excluding carboxylic acids is 2. The molecule has 3 rings (SSSR count). The summed E-state index contributed by atoms with van der Waals surface area (Å²) in [6, 6.07) is 13.7. The maximum atomic E-state index is 14.1. The molecule has 0 saturated heterocycles. The average Bonchev–Trinajstić information content (AvgIpc) is 3.00. The third-order valence-corrected chi connectivity index (χ3v) is 9.03. The molecule has 3 aromatic rings. The van der Waals surface area contributed by atoms with E-state index in [1.54, 1.807) is 6.92 Å². The topological polar surface area (TPSA) is 139 Å². The van der Waals surface area contributed by atoms with Crippen LogP contribution in [0.5, 0.6) is 5.75 Å². The van der Waals surface area contributed by atoms with E-state index >= 15 is 0 Å². The van der Waals surface area contributed by atoms with Gasteiger partial charge in [-0.2, -0.15) is 0 Å². The summed E-state index contributed by atoms with van der Waals surface area (Å²) in [6.45, 7) is 6.12. The smallest absolute Gasteiger partial charge is 0.273 e. The zero-order valence-corrected chi connectivity index (χ0v) is 26.1. The van der Waals surface area contributed by atoms with Gasteiger partial charge in [0.05, 0.1) is 22.6 Å². The number of nitrogens with zero attached hydrogens (tertiary/aromatic N) is 3. The summed E-state index contributed by atoms with van der Waals surface area (Å²) < 4.78 is 47.8. The van der Waals surface area contributed by atoms with E-state index in [4.69, 9.17) is 4.74 Å². The zero-order chi connectivity index (χ0) is 32.6. The molecule has 0 aromatic heterocycles. The molecule has 2 amide bonds. The lowest BCUT2D eigenvalue weighted by Crippen LogP contribution is -2.53. The van der Waals surface area contributed by atoms with Crippen LogP contribution in [0.3, 0.4) is 0 Å². The summed E-state index contributed by atoms with van der Waals surface area (Å²) in [5.74, 6) is -1.15. The highest BCUT2D eigenvalue weighted by molar-refractivity contribution is 7.92. The molecule has 0 unspecified atom stereocenters. The van der Waals surface area contributed by atoms with Gasteiger partial charge in [-0.05, 0) is 74.7 Å². The quantitative estimate of drug-likeness (QED) is 0.196. The van der Waals surface area contributed by atoms with Gasteiger partial charge in [0.15, 0.2) is 0 Å². The van der Waals surface area contributed by atoms with Crippen LogP contribution < -0.4 is 14.4 Å². The first-order valence-electron chi connectivity index (χ1n) is 14.1. The third kappa shape index (κ3) is 8.10. The molecule has 3 aromatic carbocycles. The van der Waals surface area contributed by atoms with Crippen LogP contribution in [-0.2, 0) is 26.2 Å². The number of halogens is 1. The highest BCUT2D eigenvalue weighted by atomic mass is 32.2. The number of benzene rings is 3. The van der Waals surface area contributed by atoms with E-state index in [1.165, 1.54) is 79.6 Å². The predicted octanol–water partition coefficient (Wildman–Crippen LogP) is 4.97. The first-order valence-corrected chi connectivity index (χ1v) is 15.5. The van der Waals surface area contributed by atoms with Crippen molar-refractivity contribution in [3.05, 3.63) is 93.8 Å². The molecule has 0 aliphatic rings. The molecule has 0 fully saturated rings. The second-order valence-electron chi connectivity index (χ2n) is 10.3. The van der Waals surface area contributed by atoms with Crippen LogP contribution in [-0.4, -0.2) is 55.8 Å². The minimum Gasteiger partial charge on any atom is -0.497 e. The number of ether oxygens (including phenoxy) is 1. The van der Waals surface area contributed by atoms with Gasteiger partial charge in [0.25, 0.3) is 15.7 Å². The Bertz CT molecular complexity index is 1580. The van der Waals surface area contributed by atoms with Crippen LogP contribution in [0.1, 0.15) is 44.7 Å². The Morgan fingerprint density at radius 1 is 1.02 bits per heavy atom. The molecule has 236 valence electrons. The molecular formula is C31H37FN4O7S. The molecule has 0 heterocycles. The van der Waals surface area contributed by atoms with Crippen molar-refractivity contribution in [2.45, 2.75) is 64.1 Å². The Balaban J connectivity index is 2.11. The highest BCUT2D eigenvalue weighted by Gasteiger charge is 2.34. The van der Waals surface area contributed by atoms with Gasteiger partial charge in [0.2, 0.25) is 11.8 Å². The predicted molar refractivity (Wildman–Crippen MR) is 164 cm³/mol. The van der Waals surface area contributed by atoms with E-state index < -0.39 is 50.9 Å². The van der Waals surface area contributed by atoms with Gasteiger partial charge in [-0.25, -0.2) is 12.8 Å². The minimum atomic E-state index is -4.54. The van der Waals surface area contributed by atoms with Crippen LogP contribution >= 0.6 is 0 Å². The number of carbonyl (C=O) groups is 2. The van der Waals surface area contributed by atoms with Gasteiger partial charge in [-0.3, -0.25) is 24.0 Å². The SMILES string of the molecule is CC[C@@H](C)NC(=O)[C@@H](CC)N(Cc1ccc(F)cc1)C(=O)CN(c1ccc(OC)cc1)S(=O)(=O)c1ccc(C)c([N+](=O)[O-])c1. The standard InChI is InChI=1S/C31H37FN4O7S/c1-6-22(4)33-31(38)28(7-2)34(19-23-9-11-24(32)12-10-23)30(37)20-35(25-13-15-26(43-5)16-14-25)44(41,42)27-17-8-21(3)29(18-27)36(39)40/h8-18,22,28H,6-7,19-20H2,1-5H3,(H,33,38)/t22-,28-/m1/s1. The maximum Gasteiger partial charge on any atom is 0.273 e. The van der Waals surface area contributed by atoms with Gasteiger partial charge < -0.3 is 15.0 Å². The zero-order valence-electron chi connectivity index (χ0n) is 25.3. The monoisotopic (exact) mass is 628 g/mol. The van der Waals surface area contributed by atoms with Crippen molar-refractivity contribution in [1.82, 2.24) is 10.2 Å². The number of amides is 2. The van der Waals surface area contributed by atoms with Crippen molar-refractivity contribution in [3.63, 3.8) is 0 Å². The summed E-state index contributed by atoms with van der Waals surface area (Å²) in [5, 5.41) is 14.5. The van der Waals surface area contributed by atoms with Crippen molar-refractivity contribution < 1.29 is 32.1 Å². The Labute approximate surface area is 256 Å². The van der Waals surface area contributed by atoms with Crippen molar-refractivity contribution in [3.8, 4) is 5.75 Å². The van der Waals surface area contributed by atoms with E-state index in [2.05, 4.69) is 5.32 Å². The van der Waals surface area contributed by atoms with Crippen LogP contribution in [0.2, 0.25) is 0 Å². The Kier molecular flexibility index (Phi) is 11.4. The fourth-order valence-electron chi connectivity index (χ4n) is 4.50. The first kappa shape index (κ1) is 34.0. The van der Waals surface area contributed by atoms with Crippen LogP contribution in [0.4, 0.5) is 15.8 Å². The maximum absolute atomic E-state index is 14.1. The molecule has 0 aliphatic heterocycles. The first-order chi connectivity index (χ1) is 20.8. The molecule has 0 saturated carbocycles. The van der Waals surface area contributed by atoms with Gasteiger partial charge in [0, 0.05) is 24.2 Å². The Hall–Kier alpha value is -4.52. The number of nitrogens with one attached hydrogen (secondary N) is 1. The van der Waals surface area contributed by atoms with Crippen molar-refractivity contribution in [2.24, 2.45) is 0 Å². The lowest BCUT2D eigenvalue weighted by molar-refractivity contribution is -0.385. The van der Waals surface area contributed by atoms with Gasteiger partial charge >= 0.3 is 0 Å². The second-order valence-corrected chi connectivity index (χ2v) is 12.2. The van der Waals surface area contributed by atoms with Gasteiger partial charge in [0.1, 0.15) is 24.2 Å². The molecule has 2 atom stereocenters. The van der Waals surface area contributed by atoms with E-state index in [1.807, 2.05) is 13.8 Å². The Morgan fingerprint density at radius 3 is 2.20 bits per heavy atom. The molecule has 0 radical (unpaired) electrons. The number of rotatable bonds is 14. The van der Waals surface area contributed by atoms with Crippen LogP contribution in [0, 0.1) is 22.9 Å². The summed E-state index contributed by atoms with van der Waals surface area (Å²) in [6.07, 6.45) is 0.870. The van der Waals surface area contributed by atoms with E-state index in [0.29, 0.717) is 17.7 Å². The number of hydrogen-bond acceptors (Lipinski definition) is 7. The number of anilines is 1. The number of nitro groups is 1. The summed E-state index contributed by atoms with van der Waals surface area (Å²) in [4.78, 5) is 39.3. The fraction of sp³-hybridized carbons (Fsp3) is 0.355. The number of nitro benzene ring substituents is 1. The lowest BCUT2D eigenvalue weighted by atomic mass is 10.1. The molecule has 44 heavy (non-hydrogen) atoms. The largest absolute Gasteiger partial charge is 0.497 e. The molecule has 1 N–H and O–H groups in total. The number of methoxy groups -OCH3 is 1. The van der Waals surface area contributed by atoms with Crippen molar-refractivity contribution in [1.29, 1.82) is 0 Å². The summed E-state index contributed by atoms with van der Waals surface area (Å²) >= 11 is 0. The van der Waals surface area contributed by atoms with Crippen molar-refractivity contribution in [2.75, 3.05) is 18.0 Å². The number of hydrogen-bond donors (Lipinski definition) is 1. The molecule has 0 bridgehead atoms. The Morgan fingerprint density at radius 2 is 1.66 bits per heavy atom. The highest BCUT2D eigenvalue weighted by Crippen LogP contribution is 2.29. The van der Waals surface area contributed by atoms with Crippen LogP contribution in [0.25, 0.3) is 0 Å². The normalized spacial score (nSPS) is 12.6. The van der Waals surface area contributed by atoms with Gasteiger partial charge in [-0.1, -0.05) is 32.0 Å². The summed E-state index contributed by atoms with van der Waals surface area (Å²) in [7, 11) is -3.09. The third-order valence-electron chi connectivity index (χ3n) is 7.26. The van der Waals surface area contributed by atoms with E-state index in [0.717, 1.165) is 10.4 Å². The molecular weight excluding hydrogens is 591 g/mol. The number of sulfonamides is 1. The minimum absolute atomic E-state index is 0.0983. The average molecular weight is 629 g/mol.